The monoisotopic (exact) mass is 448 g/mol. The Morgan fingerprint density at radius 2 is 1.76 bits per heavy atom. The van der Waals surface area contributed by atoms with Crippen molar-refractivity contribution in [3.63, 3.8) is 0 Å². The number of nitrogens with zero attached hydrogens (tertiary/aromatic N) is 1. The van der Waals surface area contributed by atoms with E-state index in [-0.39, 0.29) is 5.75 Å². The van der Waals surface area contributed by atoms with E-state index in [1.807, 2.05) is 6.92 Å². The molecule has 0 aliphatic rings. The number of methoxy groups -OCH3 is 1. The van der Waals surface area contributed by atoms with E-state index in [9.17, 15) is 14.7 Å². The van der Waals surface area contributed by atoms with E-state index >= 15 is 0 Å². The number of aliphatic hydroxyl groups is 1. The summed E-state index contributed by atoms with van der Waals surface area (Å²) in [5.41, 5.74) is 3.71. The Bertz CT molecular complexity index is 1110. The second-order valence-electron chi connectivity index (χ2n) is 6.80. The quantitative estimate of drug-likeness (QED) is 0.225. The molecule has 1 atom stereocenters. The van der Waals surface area contributed by atoms with E-state index in [2.05, 4.69) is 10.5 Å². The Labute approximate surface area is 191 Å². The molecule has 170 valence electrons. The predicted molar refractivity (Wildman–Crippen MR) is 123 cm³/mol. The Hall–Kier alpha value is -4.17. The van der Waals surface area contributed by atoms with Gasteiger partial charge in [-0.1, -0.05) is 30.3 Å². The van der Waals surface area contributed by atoms with E-state index < -0.39 is 18.0 Å². The molecular formula is C25H24N2O6. The van der Waals surface area contributed by atoms with Crippen LogP contribution in [0, 0.1) is 0 Å². The molecule has 2 N–H and O–H groups in total. The maximum atomic E-state index is 12.4. The number of carbonyl (C=O) groups is 2. The Kier molecular flexibility index (Phi) is 8.15. The molecule has 0 aliphatic carbocycles. The smallest absolute Gasteiger partial charge is 0.343 e. The summed E-state index contributed by atoms with van der Waals surface area (Å²) < 4.78 is 16.1. The van der Waals surface area contributed by atoms with Crippen molar-refractivity contribution in [3.05, 3.63) is 89.5 Å². The second-order valence-corrected chi connectivity index (χ2v) is 6.80. The number of esters is 1. The molecule has 0 fully saturated rings. The summed E-state index contributed by atoms with van der Waals surface area (Å²) in [6.07, 6.45) is 0.0539. The third-order valence-electron chi connectivity index (χ3n) is 4.54. The summed E-state index contributed by atoms with van der Waals surface area (Å²) in [7, 11) is 1.45. The molecule has 3 aromatic rings. The number of rotatable bonds is 9. The minimum atomic E-state index is -1.33. The van der Waals surface area contributed by atoms with Crippen LogP contribution in [0.5, 0.6) is 17.2 Å². The predicted octanol–water partition coefficient (Wildman–Crippen LogP) is 3.50. The topological polar surface area (TPSA) is 106 Å². The lowest BCUT2D eigenvalue weighted by Gasteiger charge is -2.11. The van der Waals surface area contributed by atoms with Gasteiger partial charge in [-0.05, 0) is 60.5 Å². The number of hydrogen-bond donors (Lipinski definition) is 2. The number of aliphatic hydroxyl groups excluding tert-OH is 1. The molecule has 0 saturated heterocycles. The van der Waals surface area contributed by atoms with Crippen LogP contribution in [-0.2, 0) is 4.79 Å². The molecule has 0 saturated carbocycles. The first kappa shape index (κ1) is 23.5. The third kappa shape index (κ3) is 6.41. The van der Waals surface area contributed by atoms with Crippen LogP contribution in [0.4, 0.5) is 0 Å². The van der Waals surface area contributed by atoms with Gasteiger partial charge in [0, 0.05) is 0 Å². The van der Waals surface area contributed by atoms with Crippen LogP contribution in [0.2, 0.25) is 0 Å². The standard InChI is InChI=1S/C25H24N2O6/c1-3-32-20-12-10-19(11-13-20)25(30)33-21-14-9-17(15-22(21)31-2)16-26-27-24(29)23(28)18-7-5-4-6-8-18/h4-16,23,28H,3H2,1-2H3,(H,27,29)/b26-16-/t23-/m0/s1. The Morgan fingerprint density at radius 3 is 2.42 bits per heavy atom. The van der Waals surface area contributed by atoms with E-state index in [1.165, 1.54) is 13.3 Å². The SMILES string of the molecule is CCOc1ccc(C(=O)Oc2ccc(/C=N\NC(=O)[C@@H](O)c3ccccc3)cc2OC)cc1. The number of benzene rings is 3. The van der Waals surface area contributed by atoms with Crippen molar-refractivity contribution in [3.8, 4) is 17.2 Å². The molecule has 8 nitrogen and oxygen atoms in total. The molecule has 0 aromatic heterocycles. The molecular weight excluding hydrogens is 424 g/mol. The highest BCUT2D eigenvalue weighted by atomic mass is 16.6. The van der Waals surface area contributed by atoms with Gasteiger partial charge >= 0.3 is 5.97 Å². The molecule has 33 heavy (non-hydrogen) atoms. The first-order chi connectivity index (χ1) is 16.0. The van der Waals surface area contributed by atoms with Crippen molar-refractivity contribution in [2.75, 3.05) is 13.7 Å². The van der Waals surface area contributed by atoms with Gasteiger partial charge in [0.15, 0.2) is 17.6 Å². The molecule has 3 rings (SSSR count). The molecule has 3 aromatic carbocycles. The summed E-state index contributed by atoms with van der Waals surface area (Å²) in [5, 5.41) is 13.9. The fraction of sp³-hybridized carbons (Fsp3) is 0.160. The average molecular weight is 448 g/mol. The molecule has 8 heteroatoms. The number of nitrogens with one attached hydrogen (secondary N) is 1. The fourth-order valence-corrected chi connectivity index (χ4v) is 2.88. The zero-order valence-electron chi connectivity index (χ0n) is 18.2. The highest BCUT2D eigenvalue weighted by Crippen LogP contribution is 2.28. The van der Waals surface area contributed by atoms with Gasteiger partial charge in [0.1, 0.15) is 5.75 Å². The van der Waals surface area contributed by atoms with E-state index in [4.69, 9.17) is 14.2 Å². The molecule has 0 bridgehead atoms. The number of hydrazone groups is 1. The summed E-state index contributed by atoms with van der Waals surface area (Å²) in [6, 6.07) is 20.0. The van der Waals surface area contributed by atoms with Gasteiger partial charge in [-0.15, -0.1) is 0 Å². The highest BCUT2D eigenvalue weighted by Gasteiger charge is 2.16. The van der Waals surface area contributed by atoms with Crippen molar-refractivity contribution in [2.45, 2.75) is 13.0 Å². The molecule has 0 heterocycles. The van der Waals surface area contributed by atoms with Crippen molar-refractivity contribution < 1.29 is 28.9 Å². The van der Waals surface area contributed by atoms with Gasteiger partial charge in [-0.2, -0.15) is 5.10 Å². The summed E-state index contributed by atoms with van der Waals surface area (Å²) in [4.78, 5) is 24.5. The van der Waals surface area contributed by atoms with E-state index in [0.29, 0.717) is 34.8 Å². The van der Waals surface area contributed by atoms with Crippen LogP contribution in [0.3, 0.4) is 0 Å². The number of hydrogen-bond acceptors (Lipinski definition) is 7. The first-order valence-electron chi connectivity index (χ1n) is 10.2. The molecule has 0 unspecified atom stereocenters. The van der Waals surface area contributed by atoms with Gasteiger partial charge in [0.05, 0.1) is 25.5 Å². The summed E-state index contributed by atoms with van der Waals surface area (Å²) >= 11 is 0. The van der Waals surface area contributed by atoms with Crippen LogP contribution in [0.15, 0.2) is 77.9 Å². The lowest BCUT2D eigenvalue weighted by atomic mass is 10.1. The number of carbonyl (C=O) groups excluding carboxylic acids is 2. The summed E-state index contributed by atoms with van der Waals surface area (Å²) in [5.74, 6) is 0.00912. The third-order valence-corrected chi connectivity index (χ3v) is 4.54. The van der Waals surface area contributed by atoms with E-state index in [1.54, 1.807) is 72.8 Å². The lowest BCUT2D eigenvalue weighted by Crippen LogP contribution is -2.25. The van der Waals surface area contributed by atoms with Gasteiger partial charge < -0.3 is 19.3 Å². The largest absolute Gasteiger partial charge is 0.494 e. The molecule has 0 aliphatic heterocycles. The number of amides is 1. The highest BCUT2D eigenvalue weighted by molar-refractivity contribution is 5.92. The Balaban J connectivity index is 1.63. The van der Waals surface area contributed by atoms with Crippen LogP contribution in [0.1, 0.15) is 34.5 Å². The molecule has 1 amide bonds. The first-order valence-corrected chi connectivity index (χ1v) is 10.2. The van der Waals surface area contributed by atoms with Crippen LogP contribution >= 0.6 is 0 Å². The minimum Gasteiger partial charge on any atom is -0.494 e. The molecule has 0 radical (unpaired) electrons. The van der Waals surface area contributed by atoms with Gasteiger partial charge in [-0.25, -0.2) is 10.2 Å². The van der Waals surface area contributed by atoms with E-state index in [0.717, 1.165) is 0 Å². The lowest BCUT2D eigenvalue weighted by molar-refractivity contribution is -0.129. The Morgan fingerprint density at radius 1 is 1.03 bits per heavy atom. The second kappa shape index (κ2) is 11.4. The van der Waals surface area contributed by atoms with Crippen LogP contribution in [-0.4, -0.2) is 36.9 Å². The normalized spacial score (nSPS) is 11.6. The maximum Gasteiger partial charge on any atom is 0.343 e. The van der Waals surface area contributed by atoms with Crippen molar-refractivity contribution in [2.24, 2.45) is 5.10 Å². The zero-order valence-corrected chi connectivity index (χ0v) is 18.2. The van der Waals surface area contributed by atoms with Gasteiger partial charge in [-0.3, -0.25) is 4.79 Å². The average Bonchev–Trinajstić information content (AvgIpc) is 2.85. The van der Waals surface area contributed by atoms with Crippen LogP contribution in [0.25, 0.3) is 0 Å². The van der Waals surface area contributed by atoms with Gasteiger partial charge in [0.2, 0.25) is 0 Å². The van der Waals surface area contributed by atoms with Gasteiger partial charge in [0.25, 0.3) is 5.91 Å². The van der Waals surface area contributed by atoms with Crippen molar-refractivity contribution in [1.29, 1.82) is 0 Å². The van der Waals surface area contributed by atoms with Crippen molar-refractivity contribution >= 4 is 18.1 Å². The maximum absolute atomic E-state index is 12.4. The van der Waals surface area contributed by atoms with Crippen LogP contribution < -0.4 is 19.6 Å². The fourth-order valence-electron chi connectivity index (χ4n) is 2.88. The minimum absolute atomic E-state index is 0.233. The zero-order chi connectivity index (χ0) is 23.6. The van der Waals surface area contributed by atoms with Crippen molar-refractivity contribution in [1.82, 2.24) is 5.43 Å². The summed E-state index contributed by atoms with van der Waals surface area (Å²) in [6.45, 7) is 2.42. The number of ether oxygens (including phenoxy) is 3. The molecule has 0 spiro atoms.